The van der Waals surface area contributed by atoms with Gasteiger partial charge in [0.15, 0.2) is 0 Å². The molecule has 3 heterocycles. The minimum atomic E-state index is 0.145. The maximum Gasteiger partial charge on any atom is 0.223 e. The highest BCUT2D eigenvalue weighted by Gasteiger charge is 2.30. The Hall–Kier alpha value is -2.37. The lowest BCUT2D eigenvalue weighted by molar-refractivity contribution is -0.125. The topological polar surface area (TPSA) is 63.1 Å². The normalized spacial score (nSPS) is 18.4. The van der Waals surface area contributed by atoms with Gasteiger partial charge in [-0.15, -0.1) is 0 Å². The van der Waals surface area contributed by atoms with Crippen molar-refractivity contribution in [3.05, 3.63) is 35.9 Å². The Morgan fingerprint density at radius 1 is 1.16 bits per heavy atom. The first-order chi connectivity index (χ1) is 12.1. The van der Waals surface area contributed by atoms with E-state index in [-0.39, 0.29) is 11.8 Å². The molecule has 25 heavy (non-hydrogen) atoms. The van der Waals surface area contributed by atoms with Gasteiger partial charge in [0, 0.05) is 37.4 Å². The van der Waals surface area contributed by atoms with Gasteiger partial charge in [-0.05, 0) is 51.2 Å². The Kier molecular flexibility index (Phi) is 4.19. The van der Waals surface area contributed by atoms with Crippen LogP contribution in [0.1, 0.15) is 36.9 Å². The Balaban J connectivity index is 1.48. The number of aryl methyl sites for hydroxylation is 2. The molecule has 0 radical (unpaired) electrons. The van der Waals surface area contributed by atoms with E-state index in [4.69, 9.17) is 0 Å². The van der Waals surface area contributed by atoms with E-state index in [2.05, 4.69) is 33.4 Å². The third kappa shape index (κ3) is 3.38. The van der Waals surface area contributed by atoms with Crippen LogP contribution in [0.2, 0.25) is 0 Å². The molecule has 0 atom stereocenters. The number of hydrogen-bond donors (Lipinski definition) is 1. The van der Waals surface area contributed by atoms with Crippen LogP contribution in [0.25, 0.3) is 5.69 Å². The third-order valence-corrected chi connectivity index (χ3v) is 5.30. The number of pyridine rings is 1. The summed E-state index contributed by atoms with van der Waals surface area (Å²) in [6.45, 7) is 5.85. The van der Waals surface area contributed by atoms with Gasteiger partial charge < -0.3 is 10.2 Å². The number of nitrogens with one attached hydrogen (secondary N) is 1. The fourth-order valence-corrected chi connectivity index (χ4v) is 3.42. The standard InChI is InChI=1S/C19H25N5O/c1-13-12-24(22-14(13)2)17-5-8-20-11-18(17)23-9-6-15(7-10-23)19(25)21-16-3-4-16/h5,8,11-12,15-16H,3-4,6-7,9-10H2,1-2H3,(H,21,25). The average Bonchev–Trinajstić information content (AvgIpc) is 3.38. The summed E-state index contributed by atoms with van der Waals surface area (Å²) in [5, 5.41) is 7.76. The van der Waals surface area contributed by atoms with E-state index in [1.165, 1.54) is 5.56 Å². The fourth-order valence-electron chi connectivity index (χ4n) is 3.42. The maximum absolute atomic E-state index is 12.3. The van der Waals surface area contributed by atoms with Crippen molar-refractivity contribution in [2.75, 3.05) is 18.0 Å². The van der Waals surface area contributed by atoms with Crippen LogP contribution in [0.4, 0.5) is 5.69 Å². The van der Waals surface area contributed by atoms with Crippen molar-refractivity contribution in [2.24, 2.45) is 5.92 Å². The van der Waals surface area contributed by atoms with E-state index in [1.54, 1.807) is 6.20 Å². The van der Waals surface area contributed by atoms with E-state index < -0.39 is 0 Å². The number of aromatic nitrogens is 3. The number of anilines is 1. The highest BCUT2D eigenvalue weighted by atomic mass is 16.2. The molecule has 4 rings (SSSR count). The van der Waals surface area contributed by atoms with Crippen LogP contribution in [0.3, 0.4) is 0 Å². The molecule has 0 unspecified atom stereocenters. The van der Waals surface area contributed by atoms with E-state index in [0.29, 0.717) is 6.04 Å². The van der Waals surface area contributed by atoms with Gasteiger partial charge in [0.25, 0.3) is 0 Å². The van der Waals surface area contributed by atoms with Gasteiger partial charge in [-0.2, -0.15) is 5.10 Å². The highest BCUT2D eigenvalue weighted by molar-refractivity contribution is 5.79. The molecule has 1 saturated heterocycles. The number of rotatable bonds is 4. The smallest absolute Gasteiger partial charge is 0.223 e. The van der Waals surface area contributed by atoms with Gasteiger partial charge in [-0.25, -0.2) is 4.68 Å². The second-order valence-corrected chi connectivity index (χ2v) is 7.25. The first-order valence-electron chi connectivity index (χ1n) is 9.14. The van der Waals surface area contributed by atoms with Gasteiger partial charge in [0.05, 0.1) is 23.3 Å². The molecule has 2 aromatic rings. The summed E-state index contributed by atoms with van der Waals surface area (Å²) < 4.78 is 1.94. The van der Waals surface area contributed by atoms with Crippen LogP contribution >= 0.6 is 0 Å². The Labute approximate surface area is 148 Å². The summed E-state index contributed by atoms with van der Waals surface area (Å²) in [5.74, 6) is 0.387. The third-order valence-electron chi connectivity index (χ3n) is 5.30. The predicted molar refractivity (Wildman–Crippen MR) is 96.9 cm³/mol. The number of carbonyl (C=O) groups excluding carboxylic acids is 1. The van der Waals surface area contributed by atoms with Crippen LogP contribution < -0.4 is 10.2 Å². The lowest BCUT2D eigenvalue weighted by Crippen LogP contribution is -2.41. The molecule has 0 aromatic carbocycles. The summed E-state index contributed by atoms with van der Waals surface area (Å²) in [4.78, 5) is 18.9. The number of carbonyl (C=O) groups is 1. The van der Waals surface area contributed by atoms with Crippen LogP contribution in [0.15, 0.2) is 24.7 Å². The zero-order valence-electron chi connectivity index (χ0n) is 14.9. The van der Waals surface area contributed by atoms with Crippen molar-refractivity contribution in [1.29, 1.82) is 0 Å². The second kappa shape index (κ2) is 6.50. The SMILES string of the molecule is Cc1cn(-c2ccncc2N2CCC(C(=O)NC3CC3)CC2)nc1C. The largest absolute Gasteiger partial charge is 0.368 e. The number of nitrogens with zero attached hydrogens (tertiary/aromatic N) is 4. The van der Waals surface area contributed by atoms with E-state index in [0.717, 1.165) is 55.8 Å². The van der Waals surface area contributed by atoms with Crippen LogP contribution in [-0.2, 0) is 4.79 Å². The monoisotopic (exact) mass is 339 g/mol. The lowest BCUT2D eigenvalue weighted by atomic mass is 9.95. The molecule has 1 N–H and O–H groups in total. The molecule has 2 aromatic heterocycles. The van der Waals surface area contributed by atoms with Crippen molar-refractivity contribution in [2.45, 2.75) is 45.6 Å². The zero-order valence-corrected chi connectivity index (χ0v) is 14.9. The molecule has 1 aliphatic heterocycles. The van der Waals surface area contributed by atoms with Gasteiger partial charge in [0.2, 0.25) is 5.91 Å². The molecule has 6 heteroatoms. The summed E-state index contributed by atoms with van der Waals surface area (Å²) in [7, 11) is 0. The van der Waals surface area contributed by atoms with E-state index >= 15 is 0 Å². The molecular weight excluding hydrogens is 314 g/mol. The van der Waals surface area contributed by atoms with Crippen molar-refractivity contribution >= 4 is 11.6 Å². The molecule has 6 nitrogen and oxygen atoms in total. The van der Waals surface area contributed by atoms with Gasteiger partial charge in [0.1, 0.15) is 0 Å². The van der Waals surface area contributed by atoms with Gasteiger partial charge in [-0.1, -0.05) is 0 Å². The molecule has 0 spiro atoms. The molecule has 132 valence electrons. The van der Waals surface area contributed by atoms with E-state index in [9.17, 15) is 4.79 Å². The first kappa shape index (κ1) is 16.1. The Morgan fingerprint density at radius 3 is 2.56 bits per heavy atom. The quantitative estimate of drug-likeness (QED) is 0.929. The van der Waals surface area contributed by atoms with Crippen LogP contribution in [0, 0.1) is 19.8 Å². The number of amides is 1. The molecule has 2 fully saturated rings. The van der Waals surface area contributed by atoms with E-state index in [1.807, 2.05) is 23.9 Å². The minimum absolute atomic E-state index is 0.145. The number of piperidine rings is 1. The number of hydrogen-bond acceptors (Lipinski definition) is 4. The summed E-state index contributed by atoms with van der Waals surface area (Å²) in [6.07, 6.45) is 9.85. The average molecular weight is 339 g/mol. The Bertz CT molecular complexity index is 752. The van der Waals surface area contributed by atoms with Crippen molar-refractivity contribution in [3.8, 4) is 5.69 Å². The van der Waals surface area contributed by atoms with Gasteiger partial charge in [-0.3, -0.25) is 9.78 Å². The summed E-state index contributed by atoms with van der Waals surface area (Å²) in [5.41, 5.74) is 4.36. The fraction of sp³-hybridized carbons (Fsp3) is 0.526. The summed E-state index contributed by atoms with van der Waals surface area (Å²) >= 11 is 0. The predicted octanol–water partition coefficient (Wildman–Crippen LogP) is 2.38. The minimum Gasteiger partial charge on any atom is -0.368 e. The maximum atomic E-state index is 12.3. The lowest BCUT2D eigenvalue weighted by Gasteiger charge is -2.33. The molecule has 2 aliphatic rings. The van der Waals surface area contributed by atoms with Crippen molar-refractivity contribution < 1.29 is 4.79 Å². The van der Waals surface area contributed by atoms with Crippen molar-refractivity contribution in [1.82, 2.24) is 20.1 Å². The van der Waals surface area contributed by atoms with Crippen molar-refractivity contribution in [3.63, 3.8) is 0 Å². The zero-order chi connectivity index (χ0) is 17.4. The van der Waals surface area contributed by atoms with Gasteiger partial charge >= 0.3 is 0 Å². The molecule has 1 saturated carbocycles. The Morgan fingerprint density at radius 2 is 1.92 bits per heavy atom. The first-order valence-corrected chi connectivity index (χ1v) is 9.14. The molecule has 0 bridgehead atoms. The van der Waals surface area contributed by atoms with Crippen LogP contribution in [0.5, 0.6) is 0 Å². The van der Waals surface area contributed by atoms with Crippen LogP contribution in [-0.4, -0.2) is 39.8 Å². The molecule has 1 aliphatic carbocycles. The highest BCUT2D eigenvalue weighted by Crippen LogP contribution is 2.29. The molecule has 1 amide bonds. The second-order valence-electron chi connectivity index (χ2n) is 7.25. The summed E-state index contributed by atoms with van der Waals surface area (Å²) in [6, 6.07) is 2.45. The molecular formula is C19H25N5O.